The lowest BCUT2D eigenvalue weighted by atomic mass is 10.8. The number of nitrogens with one attached hydrogen (secondary N) is 1. The summed E-state index contributed by atoms with van der Waals surface area (Å²) >= 11 is 0. The van der Waals surface area contributed by atoms with Crippen LogP contribution < -0.4 is 0 Å². The molecule has 5 heteroatoms. The SMILES string of the molecule is Cc1ncc[nH]1.F.F.F. The Morgan fingerprint density at radius 2 is 1.89 bits per heavy atom. The molecule has 1 heterocycles. The minimum Gasteiger partial charge on any atom is -0.349 e. The summed E-state index contributed by atoms with van der Waals surface area (Å²) in [5.74, 6) is 0.968. The third-order valence-corrected chi connectivity index (χ3v) is 0.635. The maximum atomic E-state index is 3.86. The van der Waals surface area contributed by atoms with Gasteiger partial charge >= 0.3 is 0 Å². The Morgan fingerprint density at radius 1 is 1.33 bits per heavy atom. The zero-order valence-corrected chi connectivity index (χ0v) is 4.83. The van der Waals surface area contributed by atoms with Gasteiger partial charge in [0.25, 0.3) is 0 Å². The highest BCUT2D eigenvalue weighted by Crippen LogP contribution is 1.78. The van der Waals surface area contributed by atoms with Crippen molar-refractivity contribution in [1.82, 2.24) is 9.97 Å². The fraction of sp³-hybridized carbons (Fsp3) is 0.250. The molecule has 0 amide bonds. The zero-order valence-electron chi connectivity index (χ0n) is 4.83. The Bertz CT molecular complexity index is 117. The van der Waals surface area contributed by atoms with Crippen LogP contribution >= 0.6 is 0 Å². The molecule has 0 atom stereocenters. The average molecular weight is 142 g/mol. The van der Waals surface area contributed by atoms with Crippen molar-refractivity contribution in [2.75, 3.05) is 0 Å². The first-order valence-electron chi connectivity index (χ1n) is 1.85. The molecule has 9 heavy (non-hydrogen) atoms. The predicted molar refractivity (Wildman–Crippen MR) is 30.8 cm³/mol. The van der Waals surface area contributed by atoms with Gasteiger partial charge in [0.05, 0.1) is 0 Å². The molecule has 0 saturated carbocycles. The maximum Gasteiger partial charge on any atom is 0.102 e. The average Bonchev–Trinajstić information content (AvgIpc) is 1.86. The summed E-state index contributed by atoms with van der Waals surface area (Å²) in [6, 6.07) is 0. The normalized spacial score (nSPS) is 5.89. The van der Waals surface area contributed by atoms with Gasteiger partial charge in [0.15, 0.2) is 0 Å². The molecule has 0 aliphatic heterocycles. The first kappa shape index (κ1) is 15.7. The number of nitrogens with zero attached hydrogens (tertiary/aromatic N) is 1. The number of hydrogen-bond acceptors (Lipinski definition) is 1. The molecule has 0 spiro atoms. The number of aryl methyl sites for hydroxylation is 1. The van der Waals surface area contributed by atoms with Gasteiger partial charge in [0.1, 0.15) is 5.82 Å². The second kappa shape index (κ2) is 7.00. The van der Waals surface area contributed by atoms with E-state index in [0.717, 1.165) is 5.82 Å². The van der Waals surface area contributed by atoms with Crippen LogP contribution in [-0.4, -0.2) is 9.97 Å². The van der Waals surface area contributed by atoms with E-state index in [9.17, 15) is 0 Å². The standard InChI is InChI=1S/C4H6N2.3FH/c1-4-5-2-3-6-4;;;/h2-3H,1H3,(H,5,6);3*1H. The summed E-state index contributed by atoms with van der Waals surface area (Å²) in [6.07, 6.45) is 3.53. The van der Waals surface area contributed by atoms with Gasteiger partial charge in [-0.05, 0) is 6.92 Å². The van der Waals surface area contributed by atoms with Crippen LogP contribution in [0.4, 0.5) is 14.1 Å². The lowest BCUT2D eigenvalue weighted by Crippen LogP contribution is -1.66. The molecule has 1 rings (SSSR count). The first-order valence-corrected chi connectivity index (χ1v) is 1.85. The van der Waals surface area contributed by atoms with E-state index in [2.05, 4.69) is 9.97 Å². The van der Waals surface area contributed by atoms with Crippen molar-refractivity contribution < 1.29 is 14.1 Å². The van der Waals surface area contributed by atoms with E-state index in [1.165, 1.54) is 0 Å². The van der Waals surface area contributed by atoms with Crippen molar-refractivity contribution in [3.05, 3.63) is 18.2 Å². The Labute approximate surface area is 50.4 Å². The maximum absolute atomic E-state index is 3.86. The van der Waals surface area contributed by atoms with Gasteiger partial charge in [-0.1, -0.05) is 0 Å². The van der Waals surface area contributed by atoms with Crippen LogP contribution in [0.2, 0.25) is 0 Å². The Kier molecular flexibility index (Phi) is 12.2. The van der Waals surface area contributed by atoms with Gasteiger partial charge < -0.3 is 4.98 Å². The van der Waals surface area contributed by atoms with Crippen LogP contribution in [0.3, 0.4) is 0 Å². The summed E-state index contributed by atoms with van der Waals surface area (Å²) in [7, 11) is 0. The van der Waals surface area contributed by atoms with E-state index in [1.54, 1.807) is 12.4 Å². The molecule has 0 aliphatic carbocycles. The lowest BCUT2D eigenvalue weighted by molar-refractivity contribution is 1.11. The first-order chi connectivity index (χ1) is 2.89. The van der Waals surface area contributed by atoms with Crippen molar-refractivity contribution in [3.8, 4) is 0 Å². The molecule has 0 aliphatic rings. The molecule has 0 aromatic carbocycles. The number of aromatic nitrogens is 2. The minimum absolute atomic E-state index is 0. The fourth-order valence-corrected chi connectivity index (χ4v) is 0.344. The summed E-state index contributed by atoms with van der Waals surface area (Å²) in [5.41, 5.74) is 0. The van der Waals surface area contributed by atoms with Crippen molar-refractivity contribution >= 4 is 0 Å². The molecule has 1 aromatic heterocycles. The van der Waals surface area contributed by atoms with Gasteiger partial charge in [-0.2, -0.15) is 0 Å². The predicted octanol–water partition coefficient (Wildman–Crippen LogP) is 1.18. The van der Waals surface area contributed by atoms with Crippen LogP contribution in [0.1, 0.15) is 5.82 Å². The van der Waals surface area contributed by atoms with Gasteiger partial charge in [0, 0.05) is 12.4 Å². The largest absolute Gasteiger partial charge is 0.349 e. The minimum atomic E-state index is 0. The second-order valence-electron chi connectivity index (χ2n) is 1.17. The monoisotopic (exact) mass is 142 g/mol. The second-order valence-corrected chi connectivity index (χ2v) is 1.17. The summed E-state index contributed by atoms with van der Waals surface area (Å²) in [4.78, 5) is 6.75. The van der Waals surface area contributed by atoms with Gasteiger partial charge in [-0.3, -0.25) is 14.1 Å². The summed E-state index contributed by atoms with van der Waals surface area (Å²) in [5, 5.41) is 0. The highest BCUT2D eigenvalue weighted by atomic mass is 19.0. The Morgan fingerprint density at radius 3 is 2.00 bits per heavy atom. The van der Waals surface area contributed by atoms with E-state index >= 15 is 0 Å². The van der Waals surface area contributed by atoms with Gasteiger partial charge in [-0.25, -0.2) is 4.98 Å². The van der Waals surface area contributed by atoms with E-state index in [-0.39, 0.29) is 14.1 Å². The fourth-order valence-electron chi connectivity index (χ4n) is 0.344. The molecule has 0 unspecified atom stereocenters. The molecule has 0 saturated heterocycles. The number of H-pyrrole nitrogens is 1. The quantitative estimate of drug-likeness (QED) is 0.578. The smallest absolute Gasteiger partial charge is 0.102 e. The number of hydrogen-bond donors (Lipinski definition) is 1. The van der Waals surface area contributed by atoms with Crippen molar-refractivity contribution in [2.45, 2.75) is 6.92 Å². The molecule has 1 N–H and O–H groups in total. The number of aromatic amines is 1. The molecular formula is C4H9F3N2. The van der Waals surface area contributed by atoms with E-state index in [4.69, 9.17) is 0 Å². The van der Waals surface area contributed by atoms with Crippen LogP contribution in [0.15, 0.2) is 12.4 Å². The van der Waals surface area contributed by atoms with Crippen LogP contribution in [0, 0.1) is 6.92 Å². The van der Waals surface area contributed by atoms with Gasteiger partial charge in [-0.15, -0.1) is 0 Å². The Hall–Kier alpha value is -1.00. The molecule has 1 aromatic rings. The van der Waals surface area contributed by atoms with Crippen molar-refractivity contribution in [3.63, 3.8) is 0 Å². The van der Waals surface area contributed by atoms with E-state index < -0.39 is 0 Å². The summed E-state index contributed by atoms with van der Waals surface area (Å²) < 4.78 is 0. The third kappa shape index (κ3) is 4.86. The van der Waals surface area contributed by atoms with E-state index in [1.807, 2.05) is 6.92 Å². The van der Waals surface area contributed by atoms with Crippen LogP contribution in [0.5, 0.6) is 0 Å². The summed E-state index contributed by atoms with van der Waals surface area (Å²) in [6.45, 7) is 1.92. The number of halogens is 3. The third-order valence-electron chi connectivity index (χ3n) is 0.635. The van der Waals surface area contributed by atoms with E-state index in [0.29, 0.717) is 0 Å². The number of rotatable bonds is 0. The van der Waals surface area contributed by atoms with Crippen LogP contribution in [0.25, 0.3) is 0 Å². The molecule has 0 fully saturated rings. The van der Waals surface area contributed by atoms with Crippen LogP contribution in [-0.2, 0) is 0 Å². The highest BCUT2D eigenvalue weighted by molar-refractivity contribution is 4.80. The lowest BCUT2D eigenvalue weighted by Gasteiger charge is -1.68. The molecular weight excluding hydrogens is 133 g/mol. The highest BCUT2D eigenvalue weighted by Gasteiger charge is 1.73. The molecule has 56 valence electrons. The Balaban J connectivity index is -0.000000120. The van der Waals surface area contributed by atoms with Gasteiger partial charge in [0.2, 0.25) is 0 Å². The topological polar surface area (TPSA) is 28.7 Å². The molecule has 0 bridgehead atoms. The van der Waals surface area contributed by atoms with Crippen molar-refractivity contribution in [1.29, 1.82) is 0 Å². The molecule has 2 nitrogen and oxygen atoms in total. The van der Waals surface area contributed by atoms with Crippen molar-refractivity contribution in [2.24, 2.45) is 0 Å². The zero-order chi connectivity index (χ0) is 4.41. The molecule has 0 radical (unpaired) electrons. The number of imidazole rings is 1.